The SMILES string of the molecule is CNC(=S)OCC1Cc2ccccc2CN1. The molecule has 4 heteroatoms. The molecule has 0 saturated carbocycles. The Balaban J connectivity index is 1.90. The summed E-state index contributed by atoms with van der Waals surface area (Å²) in [6.07, 6.45) is 1.00. The van der Waals surface area contributed by atoms with E-state index in [1.54, 1.807) is 7.05 Å². The average molecular weight is 236 g/mol. The molecular formula is C12H16N2OS. The second-order valence-electron chi connectivity index (χ2n) is 3.90. The fraction of sp³-hybridized carbons (Fsp3) is 0.417. The van der Waals surface area contributed by atoms with Gasteiger partial charge >= 0.3 is 0 Å². The first-order valence-corrected chi connectivity index (χ1v) is 5.85. The second kappa shape index (κ2) is 5.27. The summed E-state index contributed by atoms with van der Waals surface area (Å²) in [7, 11) is 1.77. The van der Waals surface area contributed by atoms with Crippen LogP contribution in [-0.2, 0) is 17.7 Å². The molecule has 1 unspecified atom stereocenters. The van der Waals surface area contributed by atoms with E-state index in [9.17, 15) is 0 Å². The third-order valence-corrected chi connectivity index (χ3v) is 3.11. The molecule has 1 aliphatic rings. The lowest BCUT2D eigenvalue weighted by molar-refractivity contribution is 0.243. The van der Waals surface area contributed by atoms with Crippen molar-refractivity contribution < 1.29 is 4.74 Å². The monoisotopic (exact) mass is 236 g/mol. The van der Waals surface area contributed by atoms with Crippen LogP contribution in [0.2, 0.25) is 0 Å². The van der Waals surface area contributed by atoms with Gasteiger partial charge < -0.3 is 15.4 Å². The van der Waals surface area contributed by atoms with Gasteiger partial charge in [0, 0.05) is 19.6 Å². The van der Waals surface area contributed by atoms with Gasteiger partial charge in [-0.2, -0.15) is 0 Å². The standard InChI is InChI=1S/C12H16N2OS/c1-13-12(16)15-8-11-6-9-4-2-3-5-10(9)7-14-11/h2-5,11,14H,6-8H2,1H3,(H,13,16). The van der Waals surface area contributed by atoms with Crippen LogP contribution in [-0.4, -0.2) is 24.9 Å². The van der Waals surface area contributed by atoms with Crippen LogP contribution >= 0.6 is 12.2 Å². The van der Waals surface area contributed by atoms with Crippen molar-refractivity contribution in [2.75, 3.05) is 13.7 Å². The van der Waals surface area contributed by atoms with E-state index in [2.05, 4.69) is 34.9 Å². The molecule has 1 aromatic carbocycles. The molecule has 0 fully saturated rings. The Morgan fingerprint density at radius 3 is 3.00 bits per heavy atom. The Morgan fingerprint density at radius 1 is 1.50 bits per heavy atom. The Labute approximate surface area is 101 Å². The molecule has 0 aromatic heterocycles. The molecule has 2 rings (SSSR count). The molecule has 1 aromatic rings. The maximum atomic E-state index is 5.40. The molecule has 0 saturated heterocycles. The molecule has 0 radical (unpaired) electrons. The van der Waals surface area contributed by atoms with Crippen molar-refractivity contribution in [3.63, 3.8) is 0 Å². The van der Waals surface area contributed by atoms with E-state index in [1.807, 2.05) is 0 Å². The van der Waals surface area contributed by atoms with Crippen molar-refractivity contribution in [2.45, 2.75) is 19.0 Å². The number of ether oxygens (including phenoxy) is 1. The lowest BCUT2D eigenvalue weighted by Crippen LogP contribution is -2.40. The first-order chi connectivity index (χ1) is 7.79. The Morgan fingerprint density at radius 2 is 2.25 bits per heavy atom. The fourth-order valence-corrected chi connectivity index (χ4v) is 1.96. The normalized spacial score (nSPS) is 18.7. The summed E-state index contributed by atoms with van der Waals surface area (Å²) < 4.78 is 5.40. The highest BCUT2D eigenvalue weighted by molar-refractivity contribution is 7.80. The molecule has 16 heavy (non-hydrogen) atoms. The number of hydrogen-bond acceptors (Lipinski definition) is 3. The van der Waals surface area contributed by atoms with Crippen molar-refractivity contribution in [2.24, 2.45) is 0 Å². The Kier molecular flexibility index (Phi) is 3.74. The first-order valence-electron chi connectivity index (χ1n) is 5.44. The van der Waals surface area contributed by atoms with Crippen LogP contribution in [0.25, 0.3) is 0 Å². The van der Waals surface area contributed by atoms with Gasteiger partial charge in [0.15, 0.2) is 0 Å². The van der Waals surface area contributed by atoms with Crippen molar-refractivity contribution in [3.8, 4) is 0 Å². The van der Waals surface area contributed by atoms with E-state index in [0.29, 0.717) is 17.8 Å². The lowest BCUT2D eigenvalue weighted by Gasteiger charge is -2.26. The average Bonchev–Trinajstić information content (AvgIpc) is 2.35. The zero-order valence-corrected chi connectivity index (χ0v) is 10.1. The maximum Gasteiger partial charge on any atom is 0.256 e. The smallest absolute Gasteiger partial charge is 0.256 e. The summed E-state index contributed by atoms with van der Waals surface area (Å²) in [4.78, 5) is 0. The van der Waals surface area contributed by atoms with Gasteiger partial charge in [0.1, 0.15) is 6.61 Å². The number of nitrogens with one attached hydrogen (secondary N) is 2. The highest BCUT2D eigenvalue weighted by Gasteiger charge is 2.17. The minimum Gasteiger partial charge on any atom is -0.469 e. The number of benzene rings is 1. The van der Waals surface area contributed by atoms with Crippen LogP contribution in [0, 0.1) is 0 Å². The minimum absolute atomic E-state index is 0.348. The van der Waals surface area contributed by atoms with E-state index in [4.69, 9.17) is 17.0 Å². The molecule has 0 spiro atoms. The quantitative estimate of drug-likeness (QED) is 0.757. The summed E-state index contributed by atoms with van der Waals surface area (Å²) in [6, 6.07) is 8.85. The molecule has 0 aliphatic carbocycles. The van der Waals surface area contributed by atoms with Crippen LogP contribution < -0.4 is 10.6 Å². The number of rotatable bonds is 2. The van der Waals surface area contributed by atoms with Crippen LogP contribution in [0.3, 0.4) is 0 Å². The first kappa shape index (κ1) is 11.4. The number of fused-ring (bicyclic) bond motifs is 1. The van der Waals surface area contributed by atoms with Crippen molar-refractivity contribution in [1.29, 1.82) is 0 Å². The maximum absolute atomic E-state index is 5.40. The zero-order valence-electron chi connectivity index (χ0n) is 9.32. The van der Waals surface area contributed by atoms with Gasteiger partial charge in [-0.05, 0) is 29.8 Å². The van der Waals surface area contributed by atoms with Crippen molar-refractivity contribution in [3.05, 3.63) is 35.4 Å². The molecule has 3 nitrogen and oxygen atoms in total. The molecular weight excluding hydrogens is 220 g/mol. The molecule has 1 atom stereocenters. The summed E-state index contributed by atoms with van der Waals surface area (Å²) in [6.45, 7) is 1.53. The molecule has 1 heterocycles. The van der Waals surface area contributed by atoms with E-state index in [0.717, 1.165) is 13.0 Å². The predicted octanol–water partition coefficient (Wildman–Crippen LogP) is 1.22. The highest BCUT2D eigenvalue weighted by Crippen LogP contribution is 2.16. The Hall–Kier alpha value is -1.13. The van der Waals surface area contributed by atoms with E-state index >= 15 is 0 Å². The summed E-state index contributed by atoms with van der Waals surface area (Å²) in [5.74, 6) is 0. The third-order valence-electron chi connectivity index (χ3n) is 2.79. The molecule has 0 bridgehead atoms. The second-order valence-corrected chi connectivity index (χ2v) is 4.27. The van der Waals surface area contributed by atoms with E-state index < -0.39 is 0 Å². The van der Waals surface area contributed by atoms with Gasteiger partial charge in [0.2, 0.25) is 0 Å². The Bertz CT molecular complexity index is 381. The fourth-order valence-electron chi connectivity index (χ4n) is 1.89. The van der Waals surface area contributed by atoms with E-state index in [1.165, 1.54) is 11.1 Å². The van der Waals surface area contributed by atoms with Crippen LogP contribution in [0.15, 0.2) is 24.3 Å². The van der Waals surface area contributed by atoms with Gasteiger partial charge in [-0.3, -0.25) is 0 Å². The van der Waals surface area contributed by atoms with Crippen LogP contribution in [0.5, 0.6) is 0 Å². The van der Waals surface area contributed by atoms with Crippen LogP contribution in [0.4, 0.5) is 0 Å². The van der Waals surface area contributed by atoms with Gasteiger partial charge in [0.05, 0.1) is 0 Å². The number of hydrogen-bond donors (Lipinski definition) is 2. The summed E-state index contributed by atoms with van der Waals surface area (Å²) >= 11 is 4.94. The van der Waals surface area contributed by atoms with E-state index in [-0.39, 0.29) is 0 Å². The third kappa shape index (κ3) is 2.71. The summed E-state index contributed by atoms with van der Waals surface area (Å²) in [5.41, 5.74) is 2.79. The van der Waals surface area contributed by atoms with Gasteiger partial charge in [-0.1, -0.05) is 24.3 Å². The zero-order chi connectivity index (χ0) is 11.4. The molecule has 0 amide bonds. The van der Waals surface area contributed by atoms with Gasteiger partial charge in [-0.25, -0.2) is 0 Å². The molecule has 2 N–H and O–H groups in total. The molecule has 1 aliphatic heterocycles. The van der Waals surface area contributed by atoms with Gasteiger partial charge in [0.25, 0.3) is 5.17 Å². The topological polar surface area (TPSA) is 33.3 Å². The summed E-state index contributed by atoms with van der Waals surface area (Å²) in [5, 5.41) is 6.71. The molecule has 86 valence electrons. The van der Waals surface area contributed by atoms with Crippen LogP contribution in [0.1, 0.15) is 11.1 Å². The highest BCUT2D eigenvalue weighted by atomic mass is 32.1. The minimum atomic E-state index is 0.348. The predicted molar refractivity (Wildman–Crippen MR) is 68.4 cm³/mol. The van der Waals surface area contributed by atoms with Gasteiger partial charge in [-0.15, -0.1) is 0 Å². The van der Waals surface area contributed by atoms with Crippen molar-refractivity contribution in [1.82, 2.24) is 10.6 Å². The largest absolute Gasteiger partial charge is 0.469 e. The lowest BCUT2D eigenvalue weighted by atomic mass is 9.96. The van der Waals surface area contributed by atoms with Crippen molar-refractivity contribution >= 4 is 17.4 Å². The number of thiocarbonyl (C=S) groups is 1.